The van der Waals surface area contributed by atoms with Gasteiger partial charge >= 0.3 is 0 Å². The fraction of sp³-hybridized carbons (Fsp3) is 0.0667. The smallest absolute Gasteiger partial charge is 0.231 e. The number of aryl methyl sites for hydroxylation is 1. The third kappa shape index (κ3) is 1.99. The highest BCUT2D eigenvalue weighted by Gasteiger charge is 2.14. The van der Waals surface area contributed by atoms with E-state index in [4.69, 9.17) is 10.2 Å². The molecule has 4 heterocycles. The second kappa shape index (κ2) is 4.66. The zero-order valence-electron chi connectivity index (χ0n) is 11.8. The maximum absolute atomic E-state index is 5.98. The van der Waals surface area contributed by atoms with Crippen molar-refractivity contribution in [3.05, 3.63) is 43.1 Å². The summed E-state index contributed by atoms with van der Waals surface area (Å²) in [5.41, 5.74) is 9.83. The first-order chi connectivity index (χ1) is 10.7. The summed E-state index contributed by atoms with van der Waals surface area (Å²) in [5.74, 6) is 0.797. The molecule has 0 aliphatic heterocycles. The quantitative estimate of drug-likeness (QED) is 0.609. The Morgan fingerprint density at radius 1 is 1.18 bits per heavy atom. The lowest BCUT2D eigenvalue weighted by molar-refractivity contribution is 0.619. The molecule has 7 heteroatoms. The van der Waals surface area contributed by atoms with Crippen molar-refractivity contribution in [3.8, 4) is 22.6 Å². The molecule has 0 unspecified atom stereocenters. The molecule has 0 amide bonds. The van der Waals surface area contributed by atoms with E-state index in [1.54, 1.807) is 35.5 Å². The Morgan fingerprint density at radius 2 is 2.09 bits per heavy atom. The van der Waals surface area contributed by atoms with Gasteiger partial charge in [0.1, 0.15) is 11.3 Å². The summed E-state index contributed by atoms with van der Waals surface area (Å²) in [7, 11) is 1.86. The fourth-order valence-electron chi connectivity index (χ4n) is 2.27. The number of anilines is 1. The lowest BCUT2D eigenvalue weighted by atomic mass is 10.1. The molecule has 0 saturated heterocycles. The predicted octanol–water partition coefficient (Wildman–Crippen LogP) is 2.27. The van der Waals surface area contributed by atoms with Gasteiger partial charge in [-0.2, -0.15) is 5.10 Å². The predicted molar refractivity (Wildman–Crippen MR) is 81.6 cm³/mol. The van der Waals surface area contributed by atoms with Gasteiger partial charge in [0.05, 0.1) is 18.0 Å². The maximum atomic E-state index is 5.98. The summed E-state index contributed by atoms with van der Waals surface area (Å²) in [6.07, 6.45) is 8.70. The first-order valence-corrected chi connectivity index (χ1v) is 6.66. The monoisotopic (exact) mass is 292 g/mol. The first kappa shape index (κ1) is 12.5. The minimum atomic E-state index is 0.368. The summed E-state index contributed by atoms with van der Waals surface area (Å²) in [5, 5.41) is 4.16. The van der Waals surface area contributed by atoms with Gasteiger partial charge in [-0.25, -0.2) is 9.97 Å². The minimum absolute atomic E-state index is 0.368. The third-order valence-corrected chi connectivity index (χ3v) is 3.38. The Hall–Kier alpha value is -3.22. The molecule has 0 saturated carbocycles. The fourth-order valence-corrected chi connectivity index (χ4v) is 2.27. The number of aromatic nitrogens is 5. The van der Waals surface area contributed by atoms with Crippen molar-refractivity contribution < 1.29 is 4.42 Å². The number of pyridine rings is 2. The number of hydrogen-bond donors (Lipinski definition) is 1. The SMILES string of the molecule is Cn1cc(-c2cnc(N)c(-c3nc4cnccc4o3)c2)cn1. The molecule has 4 rings (SSSR count). The van der Waals surface area contributed by atoms with E-state index in [1.165, 1.54) is 0 Å². The van der Waals surface area contributed by atoms with Crippen LogP contribution in [0.3, 0.4) is 0 Å². The number of rotatable bonds is 2. The van der Waals surface area contributed by atoms with Crippen molar-refractivity contribution >= 4 is 16.9 Å². The van der Waals surface area contributed by atoms with Gasteiger partial charge in [-0.15, -0.1) is 0 Å². The highest BCUT2D eigenvalue weighted by Crippen LogP contribution is 2.30. The molecule has 22 heavy (non-hydrogen) atoms. The Morgan fingerprint density at radius 3 is 2.86 bits per heavy atom. The molecule has 0 radical (unpaired) electrons. The topological polar surface area (TPSA) is 95.7 Å². The van der Waals surface area contributed by atoms with Crippen LogP contribution in [0, 0.1) is 0 Å². The normalized spacial score (nSPS) is 11.1. The minimum Gasteiger partial charge on any atom is -0.436 e. The van der Waals surface area contributed by atoms with Crippen molar-refractivity contribution in [1.29, 1.82) is 0 Å². The standard InChI is InChI=1S/C15H12N6O/c1-21-8-10(6-19-21)9-4-11(14(16)18-5-9)15-20-12-7-17-3-2-13(12)22-15/h2-8H,1H3,(H2,16,18). The van der Waals surface area contributed by atoms with Gasteiger partial charge < -0.3 is 10.2 Å². The van der Waals surface area contributed by atoms with Crippen LogP contribution in [0.2, 0.25) is 0 Å². The van der Waals surface area contributed by atoms with E-state index in [0.29, 0.717) is 28.4 Å². The average Bonchev–Trinajstić information content (AvgIpc) is 3.13. The zero-order valence-corrected chi connectivity index (χ0v) is 11.8. The summed E-state index contributed by atoms with van der Waals surface area (Å²) in [6, 6.07) is 3.66. The van der Waals surface area contributed by atoms with Gasteiger partial charge in [-0.1, -0.05) is 0 Å². The van der Waals surface area contributed by atoms with Crippen LogP contribution < -0.4 is 5.73 Å². The number of nitrogen functional groups attached to an aromatic ring is 1. The zero-order chi connectivity index (χ0) is 15.1. The molecule has 0 fully saturated rings. The largest absolute Gasteiger partial charge is 0.436 e. The van der Waals surface area contributed by atoms with Gasteiger partial charge in [0, 0.05) is 42.8 Å². The summed E-state index contributed by atoms with van der Waals surface area (Å²) >= 11 is 0. The van der Waals surface area contributed by atoms with Gasteiger partial charge in [-0.3, -0.25) is 9.67 Å². The number of hydrogen-bond acceptors (Lipinski definition) is 6. The van der Waals surface area contributed by atoms with Crippen LogP contribution >= 0.6 is 0 Å². The highest BCUT2D eigenvalue weighted by molar-refractivity contribution is 5.80. The first-order valence-electron chi connectivity index (χ1n) is 6.66. The van der Waals surface area contributed by atoms with Crippen LogP contribution in [0.1, 0.15) is 0 Å². The van der Waals surface area contributed by atoms with E-state index in [2.05, 4.69) is 20.1 Å². The van der Waals surface area contributed by atoms with E-state index in [1.807, 2.05) is 19.3 Å². The molecular weight excluding hydrogens is 280 g/mol. The Kier molecular flexibility index (Phi) is 2.65. The van der Waals surface area contributed by atoms with Crippen LogP contribution in [0.15, 0.2) is 47.5 Å². The van der Waals surface area contributed by atoms with Crippen molar-refractivity contribution in [2.45, 2.75) is 0 Å². The second-order valence-electron chi connectivity index (χ2n) is 4.92. The van der Waals surface area contributed by atoms with Gasteiger partial charge in [0.25, 0.3) is 0 Å². The van der Waals surface area contributed by atoms with Crippen molar-refractivity contribution in [1.82, 2.24) is 24.7 Å². The van der Waals surface area contributed by atoms with Crippen molar-refractivity contribution in [3.63, 3.8) is 0 Å². The van der Waals surface area contributed by atoms with Gasteiger partial charge in [-0.05, 0) is 6.07 Å². The van der Waals surface area contributed by atoms with Crippen molar-refractivity contribution in [2.24, 2.45) is 7.05 Å². The summed E-state index contributed by atoms with van der Waals surface area (Å²) in [6.45, 7) is 0. The molecule has 4 aromatic rings. The Labute approximate surface area is 125 Å². The van der Waals surface area contributed by atoms with Crippen molar-refractivity contribution in [2.75, 3.05) is 5.73 Å². The van der Waals surface area contributed by atoms with Crippen LogP contribution in [-0.2, 0) is 7.05 Å². The number of nitrogens with two attached hydrogens (primary N) is 1. The van der Waals surface area contributed by atoms with E-state index < -0.39 is 0 Å². The van der Waals surface area contributed by atoms with E-state index in [-0.39, 0.29) is 0 Å². The Balaban J connectivity index is 1.87. The van der Waals surface area contributed by atoms with Gasteiger partial charge in [0.15, 0.2) is 5.58 Å². The van der Waals surface area contributed by atoms with Gasteiger partial charge in [0.2, 0.25) is 5.89 Å². The van der Waals surface area contributed by atoms with Crippen LogP contribution in [0.5, 0.6) is 0 Å². The summed E-state index contributed by atoms with van der Waals surface area (Å²) < 4.78 is 7.47. The highest BCUT2D eigenvalue weighted by atomic mass is 16.3. The molecule has 0 spiro atoms. The number of fused-ring (bicyclic) bond motifs is 1. The molecule has 4 aromatic heterocycles. The molecule has 0 aromatic carbocycles. The number of nitrogens with zero attached hydrogens (tertiary/aromatic N) is 5. The van der Waals surface area contributed by atoms with Crippen LogP contribution in [-0.4, -0.2) is 24.7 Å². The number of oxazole rings is 1. The summed E-state index contributed by atoms with van der Waals surface area (Å²) in [4.78, 5) is 12.7. The molecule has 0 bridgehead atoms. The molecule has 0 aliphatic rings. The molecular formula is C15H12N6O. The molecule has 0 atom stereocenters. The molecule has 0 aliphatic carbocycles. The lowest BCUT2D eigenvalue weighted by Gasteiger charge is -2.03. The molecule has 7 nitrogen and oxygen atoms in total. The van der Waals surface area contributed by atoms with E-state index in [0.717, 1.165) is 11.1 Å². The molecule has 2 N–H and O–H groups in total. The van der Waals surface area contributed by atoms with E-state index >= 15 is 0 Å². The second-order valence-corrected chi connectivity index (χ2v) is 4.92. The Bertz CT molecular complexity index is 938. The molecule has 108 valence electrons. The van der Waals surface area contributed by atoms with Crippen LogP contribution in [0.25, 0.3) is 33.7 Å². The maximum Gasteiger partial charge on any atom is 0.231 e. The van der Waals surface area contributed by atoms with E-state index in [9.17, 15) is 0 Å². The van der Waals surface area contributed by atoms with Crippen LogP contribution in [0.4, 0.5) is 5.82 Å². The third-order valence-electron chi connectivity index (χ3n) is 3.38. The average molecular weight is 292 g/mol. The lowest BCUT2D eigenvalue weighted by Crippen LogP contribution is -1.95.